The van der Waals surface area contributed by atoms with Crippen LogP contribution >= 0.6 is 0 Å². The number of allylic oxidation sites excluding steroid dienone is 5. The zero-order valence-corrected chi connectivity index (χ0v) is 16.3. The van der Waals surface area contributed by atoms with Crippen molar-refractivity contribution in [1.29, 1.82) is 0 Å². The van der Waals surface area contributed by atoms with E-state index in [4.69, 9.17) is 0 Å². The van der Waals surface area contributed by atoms with Crippen molar-refractivity contribution < 1.29 is 23.9 Å². The summed E-state index contributed by atoms with van der Waals surface area (Å²) in [5, 5.41) is 7.54. The van der Waals surface area contributed by atoms with Gasteiger partial charge in [0.15, 0.2) is 0 Å². The van der Waals surface area contributed by atoms with Crippen molar-refractivity contribution in [2.75, 3.05) is 5.32 Å². The summed E-state index contributed by atoms with van der Waals surface area (Å²) < 4.78 is 0. The monoisotopic (exact) mass is 343 g/mol. The molecule has 1 amide bonds. The van der Waals surface area contributed by atoms with Crippen molar-refractivity contribution in [3.8, 4) is 0 Å². The third kappa shape index (κ3) is 3.44. The second kappa shape index (κ2) is 7.46. The molecule has 0 atom stereocenters. The van der Waals surface area contributed by atoms with Gasteiger partial charge in [0.05, 0.1) is 5.69 Å². The second-order valence-electron chi connectivity index (χ2n) is 6.12. The molecule has 2 aliphatic rings. The molecule has 3 heteroatoms. The standard InChI is InChI=1S/C18H19NO.2CH3.Ti/c1-10-11(2)13(4)17(12(10)3)15-7-5-6-14-8-9-16(20)19-18(14)15;;;/h5-7H,3,8-9H2,1-2,4H3,(H,19,20);2*1H3;. The van der Waals surface area contributed by atoms with Gasteiger partial charge < -0.3 is 5.32 Å². The van der Waals surface area contributed by atoms with Gasteiger partial charge in [-0.3, -0.25) is 4.79 Å². The van der Waals surface area contributed by atoms with Crippen molar-refractivity contribution in [1.82, 2.24) is 0 Å². The number of benzene rings is 1. The Hall–Kier alpha value is -1.38. The fraction of sp³-hybridized carbons (Fsp3) is 0.350. The van der Waals surface area contributed by atoms with E-state index in [1.165, 1.54) is 27.9 Å². The quantitative estimate of drug-likeness (QED) is 0.678. The molecule has 0 saturated heterocycles. The zero-order valence-electron chi connectivity index (χ0n) is 14.8. The van der Waals surface area contributed by atoms with Crippen LogP contribution in [0.4, 0.5) is 5.69 Å². The topological polar surface area (TPSA) is 29.1 Å². The van der Waals surface area contributed by atoms with E-state index in [0.717, 1.165) is 23.2 Å². The van der Waals surface area contributed by atoms with E-state index in [0.29, 0.717) is 25.6 Å². The molecule has 2 nitrogen and oxygen atoms in total. The molecule has 0 saturated carbocycles. The van der Waals surface area contributed by atoms with Crippen LogP contribution in [0.25, 0.3) is 5.57 Å². The van der Waals surface area contributed by atoms with E-state index in [-0.39, 0.29) is 5.91 Å². The van der Waals surface area contributed by atoms with Crippen LogP contribution in [0.1, 0.15) is 38.3 Å². The molecule has 0 spiro atoms. The van der Waals surface area contributed by atoms with Crippen molar-refractivity contribution in [2.24, 2.45) is 0 Å². The Labute approximate surface area is 148 Å². The van der Waals surface area contributed by atoms with Gasteiger partial charge in [0.25, 0.3) is 0 Å². The Kier molecular flexibility index (Phi) is 5.83. The number of para-hydroxylation sites is 1. The molecule has 0 aromatic heterocycles. The first-order valence-electron chi connectivity index (χ1n) is 8.01. The zero-order chi connectivity index (χ0) is 17.1. The van der Waals surface area contributed by atoms with Gasteiger partial charge in [-0.25, -0.2) is 0 Å². The van der Waals surface area contributed by atoms with E-state index in [9.17, 15) is 4.79 Å². The van der Waals surface area contributed by atoms with E-state index < -0.39 is 0 Å². The van der Waals surface area contributed by atoms with Gasteiger partial charge in [-0.2, -0.15) is 0 Å². The van der Waals surface area contributed by atoms with Gasteiger partial charge in [0, 0.05) is 12.0 Å². The predicted octanol–water partition coefficient (Wildman–Crippen LogP) is 5.42. The normalized spacial score (nSPS) is 16.7. The van der Waals surface area contributed by atoms with Crippen molar-refractivity contribution in [2.45, 2.75) is 44.1 Å². The van der Waals surface area contributed by atoms with Crippen LogP contribution in [0, 0.1) is 0 Å². The van der Waals surface area contributed by atoms with Crippen LogP contribution < -0.4 is 5.32 Å². The van der Waals surface area contributed by atoms with Crippen LogP contribution in [0.3, 0.4) is 0 Å². The number of fused-ring (bicyclic) bond motifs is 1. The number of nitrogens with one attached hydrogen (secondary N) is 1. The maximum atomic E-state index is 11.7. The number of amides is 1. The molecule has 1 aliphatic heterocycles. The summed E-state index contributed by atoms with van der Waals surface area (Å²) >= 11 is 0.500. The predicted molar refractivity (Wildman–Crippen MR) is 95.2 cm³/mol. The molecule has 1 aromatic rings. The minimum absolute atomic E-state index is 0.105. The molecular weight excluding hydrogens is 318 g/mol. The van der Waals surface area contributed by atoms with Gasteiger partial charge >= 0.3 is 29.6 Å². The molecule has 120 valence electrons. The van der Waals surface area contributed by atoms with E-state index in [1.54, 1.807) is 0 Å². The first-order valence-corrected chi connectivity index (χ1v) is 11.1. The Balaban J connectivity index is 0.000000595. The number of hydrogen-bond donors (Lipinski definition) is 1. The third-order valence-electron chi connectivity index (χ3n) is 4.56. The molecule has 0 fully saturated rings. The number of carbonyl (C=O) groups excluding carboxylic acids is 1. The molecule has 1 N–H and O–H groups in total. The van der Waals surface area contributed by atoms with Gasteiger partial charge in [-0.15, -0.1) is 0 Å². The SMILES string of the molecule is C=C1C(C)=C(C)C(C)=C1c1cccc2c1NC(=O)CC2.[CH3][Ti][CH3]. The number of hydrogen-bond acceptors (Lipinski definition) is 1. The van der Waals surface area contributed by atoms with Crippen molar-refractivity contribution in [3.63, 3.8) is 0 Å². The number of anilines is 1. The molecule has 1 heterocycles. The van der Waals surface area contributed by atoms with Crippen LogP contribution in [-0.4, -0.2) is 5.91 Å². The van der Waals surface area contributed by atoms with E-state index >= 15 is 0 Å². The summed E-state index contributed by atoms with van der Waals surface area (Å²) in [6.07, 6.45) is 1.39. The Bertz CT molecular complexity index is 725. The molecule has 0 bridgehead atoms. The van der Waals surface area contributed by atoms with Gasteiger partial charge in [-0.05, 0) is 60.6 Å². The number of carbonyl (C=O) groups is 1. The number of aryl methyl sites for hydroxylation is 1. The van der Waals surface area contributed by atoms with Crippen LogP contribution in [0.2, 0.25) is 10.5 Å². The maximum absolute atomic E-state index is 11.7. The molecule has 3 rings (SSSR count). The van der Waals surface area contributed by atoms with Gasteiger partial charge in [-0.1, -0.05) is 24.8 Å². The first kappa shape index (κ1) is 18.0. The van der Waals surface area contributed by atoms with Crippen LogP contribution in [0.15, 0.2) is 47.1 Å². The Morgan fingerprint density at radius 1 is 1.04 bits per heavy atom. The van der Waals surface area contributed by atoms with Gasteiger partial charge in [0.1, 0.15) is 0 Å². The summed E-state index contributed by atoms with van der Waals surface area (Å²) in [5.41, 5.74) is 9.36. The molecule has 1 aromatic carbocycles. The van der Waals surface area contributed by atoms with Crippen LogP contribution in [0.5, 0.6) is 0 Å². The average molecular weight is 343 g/mol. The Morgan fingerprint density at radius 3 is 2.26 bits per heavy atom. The molecule has 0 unspecified atom stereocenters. The van der Waals surface area contributed by atoms with Gasteiger partial charge in [0.2, 0.25) is 5.91 Å². The first-order chi connectivity index (χ1) is 10.9. The van der Waals surface area contributed by atoms with E-state index in [2.05, 4.69) is 61.3 Å². The Morgan fingerprint density at radius 2 is 1.70 bits per heavy atom. The van der Waals surface area contributed by atoms with E-state index in [1.807, 2.05) is 0 Å². The molecular formula is C20H25NOTi. The van der Waals surface area contributed by atoms with Crippen molar-refractivity contribution >= 4 is 17.2 Å². The third-order valence-corrected chi connectivity index (χ3v) is 4.56. The summed E-state index contributed by atoms with van der Waals surface area (Å²) in [4.78, 5) is 11.7. The van der Waals surface area contributed by atoms with Crippen molar-refractivity contribution in [3.05, 3.63) is 58.2 Å². The molecule has 1 aliphatic carbocycles. The number of rotatable bonds is 1. The minimum atomic E-state index is 0.105. The molecule has 0 radical (unpaired) electrons. The average Bonchev–Trinajstić information content (AvgIpc) is 2.71. The summed E-state index contributed by atoms with van der Waals surface area (Å²) in [6, 6.07) is 6.25. The fourth-order valence-corrected chi connectivity index (χ4v) is 3.09. The fourth-order valence-electron chi connectivity index (χ4n) is 3.09. The second-order valence-corrected chi connectivity index (χ2v) is 7.68. The molecule has 23 heavy (non-hydrogen) atoms. The van der Waals surface area contributed by atoms with Crippen LogP contribution in [-0.2, 0) is 30.4 Å². The summed E-state index contributed by atoms with van der Waals surface area (Å²) in [6.45, 7) is 10.6. The summed E-state index contributed by atoms with van der Waals surface area (Å²) in [7, 11) is 0. The summed E-state index contributed by atoms with van der Waals surface area (Å²) in [5.74, 6) is 0.105.